The van der Waals surface area contributed by atoms with Crippen molar-refractivity contribution in [3.05, 3.63) is 33.3 Å². The Bertz CT molecular complexity index is 445. The van der Waals surface area contributed by atoms with Crippen LogP contribution in [0, 0.1) is 16.0 Å². The maximum Gasteiger partial charge on any atom is 0.271 e. The molecule has 104 valence electrons. The fraction of sp³-hybridized carbons (Fsp3) is 0.571. The summed E-state index contributed by atoms with van der Waals surface area (Å²) in [5.74, 6) is 0.897. The SMILES string of the molecule is O=[N+]([O-])c1ccc(NCCCC2CCCC2)c(Cl)c1. The Morgan fingerprint density at radius 1 is 1.37 bits per heavy atom. The number of benzene rings is 1. The zero-order chi connectivity index (χ0) is 13.7. The van der Waals surface area contributed by atoms with Crippen LogP contribution in [0.2, 0.25) is 5.02 Å². The molecule has 2 rings (SSSR count). The summed E-state index contributed by atoms with van der Waals surface area (Å²) in [7, 11) is 0. The van der Waals surface area contributed by atoms with Gasteiger partial charge in [-0.3, -0.25) is 10.1 Å². The molecule has 0 bridgehead atoms. The van der Waals surface area contributed by atoms with Gasteiger partial charge in [-0.05, 0) is 24.8 Å². The summed E-state index contributed by atoms with van der Waals surface area (Å²) in [6, 6.07) is 4.54. The van der Waals surface area contributed by atoms with E-state index in [1.54, 1.807) is 6.07 Å². The maximum atomic E-state index is 10.6. The lowest BCUT2D eigenvalue weighted by Gasteiger charge is -2.11. The summed E-state index contributed by atoms with van der Waals surface area (Å²) in [4.78, 5) is 10.2. The molecule has 1 N–H and O–H groups in total. The van der Waals surface area contributed by atoms with E-state index in [0.717, 1.165) is 24.6 Å². The Morgan fingerprint density at radius 2 is 2.11 bits per heavy atom. The number of nitrogens with zero attached hydrogens (tertiary/aromatic N) is 1. The lowest BCUT2D eigenvalue weighted by atomic mass is 10.0. The van der Waals surface area contributed by atoms with E-state index in [1.165, 1.54) is 44.2 Å². The van der Waals surface area contributed by atoms with E-state index in [-0.39, 0.29) is 5.69 Å². The number of rotatable bonds is 6. The van der Waals surface area contributed by atoms with Crippen LogP contribution in [0.3, 0.4) is 0 Å². The molecule has 0 aromatic heterocycles. The summed E-state index contributed by atoms with van der Waals surface area (Å²) in [5.41, 5.74) is 0.806. The van der Waals surface area contributed by atoms with Crippen molar-refractivity contribution in [1.82, 2.24) is 0 Å². The predicted molar refractivity (Wildman–Crippen MR) is 77.8 cm³/mol. The zero-order valence-electron chi connectivity index (χ0n) is 10.9. The second kappa shape index (κ2) is 6.75. The van der Waals surface area contributed by atoms with Crippen LogP contribution in [0.15, 0.2) is 18.2 Å². The Morgan fingerprint density at radius 3 is 2.74 bits per heavy atom. The number of hydrogen-bond donors (Lipinski definition) is 1. The molecule has 19 heavy (non-hydrogen) atoms. The van der Waals surface area contributed by atoms with Crippen molar-refractivity contribution in [3.63, 3.8) is 0 Å². The molecule has 0 unspecified atom stereocenters. The topological polar surface area (TPSA) is 55.2 Å². The third kappa shape index (κ3) is 4.10. The molecule has 0 atom stereocenters. The summed E-state index contributed by atoms with van der Waals surface area (Å²) in [6.07, 6.45) is 7.89. The van der Waals surface area contributed by atoms with Crippen LogP contribution in [-0.4, -0.2) is 11.5 Å². The Labute approximate surface area is 118 Å². The minimum atomic E-state index is -0.435. The lowest BCUT2D eigenvalue weighted by molar-refractivity contribution is -0.384. The van der Waals surface area contributed by atoms with E-state index in [0.29, 0.717) is 5.02 Å². The summed E-state index contributed by atoms with van der Waals surface area (Å²) in [5, 5.41) is 14.3. The number of halogens is 1. The first kappa shape index (κ1) is 14.1. The third-order valence-corrected chi connectivity index (χ3v) is 4.06. The fourth-order valence-electron chi connectivity index (χ4n) is 2.67. The average molecular weight is 283 g/mol. The molecule has 5 heteroatoms. The minimum Gasteiger partial charge on any atom is -0.384 e. The van der Waals surface area contributed by atoms with Crippen LogP contribution in [-0.2, 0) is 0 Å². The predicted octanol–water partition coefficient (Wildman–Crippen LogP) is 4.63. The third-order valence-electron chi connectivity index (χ3n) is 3.74. The van der Waals surface area contributed by atoms with Crippen molar-refractivity contribution >= 4 is 23.0 Å². The zero-order valence-corrected chi connectivity index (χ0v) is 11.7. The van der Waals surface area contributed by atoms with E-state index >= 15 is 0 Å². The molecule has 0 spiro atoms. The molecule has 4 nitrogen and oxygen atoms in total. The molecule has 1 aliphatic carbocycles. The number of nitro benzene ring substituents is 1. The van der Waals surface area contributed by atoms with Crippen molar-refractivity contribution in [1.29, 1.82) is 0 Å². The highest BCUT2D eigenvalue weighted by Crippen LogP contribution is 2.29. The Kier molecular flexibility index (Phi) is 5.02. The number of non-ortho nitro benzene ring substituents is 1. The summed E-state index contributed by atoms with van der Waals surface area (Å²) in [6.45, 7) is 0.869. The van der Waals surface area contributed by atoms with Gasteiger partial charge in [-0.2, -0.15) is 0 Å². The number of anilines is 1. The fourth-order valence-corrected chi connectivity index (χ4v) is 2.92. The first-order valence-electron chi connectivity index (χ1n) is 6.84. The Hall–Kier alpha value is -1.29. The van der Waals surface area contributed by atoms with E-state index in [2.05, 4.69) is 5.32 Å². The highest BCUT2D eigenvalue weighted by atomic mass is 35.5. The van der Waals surface area contributed by atoms with Crippen molar-refractivity contribution in [3.8, 4) is 0 Å². The van der Waals surface area contributed by atoms with Crippen LogP contribution in [0.4, 0.5) is 11.4 Å². The van der Waals surface area contributed by atoms with Crippen molar-refractivity contribution in [2.24, 2.45) is 5.92 Å². The minimum absolute atomic E-state index is 0.0292. The van der Waals surface area contributed by atoms with Gasteiger partial charge in [-0.25, -0.2) is 0 Å². The van der Waals surface area contributed by atoms with Crippen LogP contribution in [0.1, 0.15) is 38.5 Å². The smallest absolute Gasteiger partial charge is 0.271 e. The first-order chi connectivity index (χ1) is 9.16. The molecular weight excluding hydrogens is 264 g/mol. The largest absolute Gasteiger partial charge is 0.384 e. The normalized spacial score (nSPS) is 15.6. The monoisotopic (exact) mass is 282 g/mol. The van der Waals surface area contributed by atoms with Gasteiger partial charge >= 0.3 is 0 Å². The van der Waals surface area contributed by atoms with Gasteiger partial charge in [0.15, 0.2) is 0 Å². The molecule has 0 aliphatic heterocycles. The van der Waals surface area contributed by atoms with Gasteiger partial charge in [0.05, 0.1) is 15.6 Å². The van der Waals surface area contributed by atoms with Gasteiger partial charge in [0.1, 0.15) is 0 Å². The molecule has 0 amide bonds. The molecule has 1 aliphatic rings. The van der Waals surface area contributed by atoms with Crippen LogP contribution < -0.4 is 5.32 Å². The molecule has 1 fully saturated rings. The molecule has 1 saturated carbocycles. The van der Waals surface area contributed by atoms with Gasteiger partial charge in [0, 0.05) is 18.7 Å². The van der Waals surface area contributed by atoms with Gasteiger partial charge in [-0.1, -0.05) is 37.3 Å². The highest BCUT2D eigenvalue weighted by Gasteiger charge is 2.14. The second-order valence-corrected chi connectivity index (χ2v) is 5.55. The molecular formula is C14H19ClN2O2. The summed E-state index contributed by atoms with van der Waals surface area (Å²) < 4.78 is 0. The van der Waals surface area contributed by atoms with E-state index in [1.807, 2.05) is 0 Å². The van der Waals surface area contributed by atoms with E-state index in [9.17, 15) is 10.1 Å². The number of nitro groups is 1. The standard InChI is InChI=1S/C14H19ClN2O2/c15-13-10-12(17(18)19)7-8-14(13)16-9-3-6-11-4-1-2-5-11/h7-8,10-11,16H,1-6,9H2. The van der Waals surface area contributed by atoms with Gasteiger partial charge in [0.25, 0.3) is 5.69 Å². The number of nitrogens with one attached hydrogen (secondary N) is 1. The Balaban J connectivity index is 1.77. The second-order valence-electron chi connectivity index (χ2n) is 5.14. The quantitative estimate of drug-likeness (QED) is 0.470. The molecule has 1 aromatic carbocycles. The lowest BCUT2D eigenvalue weighted by Crippen LogP contribution is -2.04. The van der Waals surface area contributed by atoms with Crippen molar-refractivity contribution in [2.45, 2.75) is 38.5 Å². The molecule has 0 heterocycles. The molecule has 0 saturated heterocycles. The van der Waals surface area contributed by atoms with E-state index in [4.69, 9.17) is 11.6 Å². The summed E-state index contributed by atoms with van der Waals surface area (Å²) >= 11 is 6.01. The van der Waals surface area contributed by atoms with E-state index < -0.39 is 4.92 Å². The molecule has 0 radical (unpaired) electrons. The number of hydrogen-bond acceptors (Lipinski definition) is 3. The van der Waals surface area contributed by atoms with Crippen molar-refractivity contribution in [2.75, 3.05) is 11.9 Å². The highest BCUT2D eigenvalue weighted by molar-refractivity contribution is 6.33. The average Bonchev–Trinajstić information content (AvgIpc) is 2.89. The van der Waals surface area contributed by atoms with Crippen LogP contribution >= 0.6 is 11.6 Å². The maximum absolute atomic E-state index is 10.6. The van der Waals surface area contributed by atoms with Crippen LogP contribution in [0.25, 0.3) is 0 Å². The van der Waals surface area contributed by atoms with Crippen molar-refractivity contribution < 1.29 is 4.92 Å². The van der Waals surface area contributed by atoms with Gasteiger partial charge in [-0.15, -0.1) is 0 Å². The van der Waals surface area contributed by atoms with Gasteiger partial charge < -0.3 is 5.32 Å². The van der Waals surface area contributed by atoms with Crippen LogP contribution in [0.5, 0.6) is 0 Å². The molecule has 1 aromatic rings. The van der Waals surface area contributed by atoms with Gasteiger partial charge in [0.2, 0.25) is 0 Å². The first-order valence-corrected chi connectivity index (χ1v) is 7.22.